The van der Waals surface area contributed by atoms with Gasteiger partial charge in [-0.25, -0.2) is 4.98 Å². The van der Waals surface area contributed by atoms with Crippen LogP contribution in [-0.2, 0) is 4.79 Å². The maximum atomic E-state index is 12.3. The van der Waals surface area contributed by atoms with Crippen LogP contribution in [0.3, 0.4) is 0 Å². The molecule has 0 fully saturated rings. The highest BCUT2D eigenvalue weighted by molar-refractivity contribution is 7.22. The van der Waals surface area contributed by atoms with Crippen LogP contribution < -0.4 is 15.4 Å². The standard InChI is InChI=1S/C17H15N3O3S/c1-10(21)18-17-20-14-9-12(5-8-15(14)24-17)19-16(22)11-3-6-13(23-2)7-4-11/h3-9H,1-2H3,(H,19,22)(H,18,20,21). The third kappa shape index (κ3) is 3.52. The highest BCUT2D eigenvalue weighted by Gasteiger charge is 2.09. The molecule has 0 atom stereocenters. The molecule has 1 heterocycles. The summed E-state index contributed by atoms with van der Waals surface area (Å²) in [5, 5.41) is 6.03. The number of fused-ring (bicyclic) bond motifs is 1. The van der Waals surface area contributed by atoms with Gasteiger partial charge >= 0.3 is 0 Å². The van der Waals surface area contributed by atoms with Crippen LogP contribution in [0.1, 0.15) is 17.3 Å². The molecule has 3 aromatic rings. The van der Waals surface area contributed by atoms with E-state index in [9.17, 15) is 9.59 Å². The number of methoxy groups -OCH3 is 1. The summed E-state index contributed by atoms with van der Waals surface area (Å²) in [7, 11) is 1.58. The van der Waals surface area contributed by atoms with Gasteiger partial charge in [0.05, 0.1) is 17.3 Å². The van der Waals surface area contributed by atoms with Crippen molar-refractivity contribution in [1.82, 2.24) is 4.98 Å². The first-order valence-corrected chi connectivity index (χ1v) is 8.00. The third-order valence-electron chi connectivity index (χ3n) is 3.28. The fourth-order valence-corrected chi connectivity index (χ4v) is 3.05. The minimum Gasteiger partial charge on any atom is -0.497 e. The van der Waals surface area contributed by atoms with Gasteiger partial charge in [-0.2, -0.15) is 0 Å². The molecule has 2 aromatic carbocycles. The molecule has 0 aliphatic rings. The molecule has 0 aliphatic carbocycles. The van der Waals surface area contributed by atoms with Crippen LogP contribution >= 0.6 is 11.3 Å². The van der Waals surface area contributed by atoms with Crippen molar-refractivity contribution in [2.45, 2.75) is 6.92 Å². The summed E-state index contributed by atoms with van der Waals surface area (Å²) < 4.78 is 6.01. The summed E-state index contributed by atoms with van der Waals surface area (Å²) in [5.74, 6) is 0.317. The van der Waals surface area contributed by atoms with E-state index in [1.54, 1.807) is 43.5 Å². The van der Waals surface area contributed by atoms with Gasteiger partial charge in [-0.3, -0.25) is 9.59 Å². The van der Waals surface area contributed by atoms with Crippen LogP contribution in [0, 0.1) is 0 Å². The Morgan fingerprint density at radius 1 is 1.08 bits per heavy atom. The van der Waals surface area contributed by atoms with E-state index >= 15 is 0 Å². The van der Waals surface area contributed by atoms with Crippen LogP contribution in [0.4, 0.5) is 10.8 Å². The molecule has 1 aromatic heterocycles. The van der Waals surface area contributed by atoms with Gasteiger partial charge in [0, 0.05) is 18.2 Å². The summed E-state index contributed by atoms with van der Waals surface area (Å²) in [5.41, 5.74) is 1.90. The Balaban J connectivity index is 1.78. The number of anilines is 2. The molecule has 2 amide bonds. The molecule has 3 rings (SSSR count). The summed E-state index contributed by atoms with van der Waals surface area (Å²) in [4.78, 5) is 27.7. The van der Waals surface area contributed by atoms with Gasteiger partial charge in [0.15, 0.2) is 5.13 Å². The zero-order valence-electron chi connectivity index (χ0n) is 13.1. The molecule has 7 heteroatoms. The van der Waals surface area contributed by atoms with Crippen molar-refractivity contribution in [2.75, 3.05) is 17.7 Å². The van der Waals surface area contributed by atoms with E-state index in [1.807, 2.05) is 6.07 Å². The number of benzene rings is 2. The molecule has 0 bridgehead atoms. The van der Waals surface area contributed by atoms with E-state index in [2.05, 4.69) is 15.6 Å². The Morgan fingerprint density at radius 3 is 2.50 bits per heavy atom. The fourth-order valence-electron chi connectivity index (χ4n) is 2.15. The first-order valence-electron chi connectivity index (χ1n) is 7.19. The average Bonchev–Trinajstić information content (AvgIpc) is 2.95. The minimum absolute atomic E-state index is 0.165. The second-order valence-corrected chi connectivity index (χ2v) is 6.10. The van der Waals surface area contributed by atoms with E-state index in [0.717, 1.165) is 10.2 Å². The Morgan fingerprint density at radius 2 is 1.83 bits per heavy atom. The van der Waals surface area contributed by atoms with Crippen LogP contribution in [0.15, 0.2) is 42.5 Å². The second-order valence-electron chi connectivity index (χ2n) is 5.07. The van der Waals surface area contributed by atoms with E-state index in [0.29, 0.717) is 22.1 Å². The first-order chi connectivity index (χ1) is 11.5. The lowest BCUT2D eigenvalue weighted by molar-refractivity contribution is -0.114. The molecular formula is C17H15N3O3S. The quantitative estimate of drug-likeness (QED) is 0.761. The van der Waals surface area contributed by atoms with E-state index in [-0.39, 0.29) is 11.8 Å². The SMILES string of the molecule is COc1ccc(C(=O)Nc2ccc3sc(NC(C)=O)nc3c2)cc1. The topological polar surface area (TPSA) is 80.3 Å². The van der Waals surface area contributed by atoms with Crippen LogP contribution in [0.5, 0.6) is 5.75 Å². The Kier molecular flexibility index (Phi) is 4.43. The summed E-state index contributed by atoms with van der Waals surface area (Å²) >= 11 is 1.38. The Hall–Kier alpha value is -2.93. The second kappa shape index (κ2) is 6.67. The number of rotatable bonds is 4. The highest BCUT2D eigenvalue weighted by Crippen LogP contribution is 2.28. The fraction of sp³-hybridized carbons (Fsp3) is 0.118. The summed E-state index contributed by atoms with van der Waals surface area (Å²) in [6, 6.07) is 12.3. The molecule has 0 unspecified atom stereocenters. The largest absolute Gasteiger partial charge is 0.497 e. The number of hydrogen-bond acceptors (Lipinski definition) is 5. The maximum absolute atomic E-state index is 12.3. The minimum atomic E-state index is -0.214. The zero-order chi connectivity index (χ0) is 17.1. The molecule has 6 nitrogen and oxygen atoms in total. The molecule has 0 saturated heterocycles. The number of nitrogens with one attached hydrogen (secondary N) is 2. The van der Waals surface area contributed by atoms with Crippen molar-refractivity contribution in [1.29, 1.82) is 0 Å². The average molecular weight is 341 g/mol. The number of hydrogen-bond donors (Lipinski definition) is 2. The van der Waals surface area contributed by atoms with E-state index < -0.39 is 0 Å². The highest BCUT2D eigenvalue weighted by atomic mass is 32.1. The Labute approximate surface area is 142 Å². The number of thiazole rings is 1. The third-order valence-corrected chi connectivity index (χ3v) is 4.23. The smallest absolute Gasteiger partial charge is 0.255 e. The lowest BCUT2D eigenvalue weighted by Gasteiger charge is -2.06. The number of nitrogens with zero attached hydrogens (tertiary/aromatic N) is 1. The van der Waals surface area contributed by atoms with Crippen molar-refractivity contribution < 1.29 is 14.3 Å². The van der Waals surface area contributed by atoms with Crippen molar-refractivity contribution in [3.63, 3.8) is 0 Å². The number of aromatic nitrogens is 1. The molecule has 122 valence electrons. The number of amides is 2. The monoisotopic (exact) mass is 341 g/mol. The van der Waals surface area contributed by atoms with Gasteiger partial charge in [-0.15, -0.1) is 0 Å². The van der Waals surface area contributed by atoms with Crippen molar-refractivity contribution in [3.05, 3.63) is 48.0 Å². The van der Waals surface area contributed by atoms with Gasteiger partial charge in [0.25, 0.3) is 5.91 Å². The van der Waals surface area contributed by atoms with Crippen LogP contribution in [-0.4, -0.2) is 23.9 Å². The van der Waals surface area contributed by atoms with Gasteiger partial charge in [-0.1, -0.05) is 11.3 Å². The van der Waals surface area contributed by atoms with Crippen LogP contribution in [0.2, 0.25) is 0 Å². The molecule has 2 N–H and O–H groups in total. The zero-order valence-corrected chi connectivity index (χ0v) is 13.9. The lowest BCUT2D eigenvalue weighted by atomic mass is 10.2. The molecule has 0 saturated carbocycles. The normalized spacial score (nSPS) is 10.4. The predicted octanol–water partition coefficient (Wildman–Crippen LogP) is 3.52. The van der Waals surface area contributed by atoms with Crippen molar-refractivity contribution >= 4 is 44.2 Å². The number of carbonyl (C=O) groups is 2. The number of ether oxygens (including phenoxy) is 1. The van der Waals surface area contributed by atoms with Crippen molar-refractivity contribution in [3.8, 4) is 5.75 Å². The Bertz CT molecular complexity index is 903. The van der Waals surface area contributed by atoms with E-state index in [1.165, 1.54) is 18.3 Å². The van der Waals surface area contributed by atoms with Gasteiger partial charge < -0.3 is 15.4 Å². The first kappa shape index (κ1) is 15.9. The molecule has 0 spiro atoms. The predicted molar refractivity (Wildman–Crippen MR) is 94.9 cm³/mol. The summed E-state index contributed by atoms with van der Waals surface area (Å²) in [6.45, 7) is 1.44. The summed E-state index contributed by atoms with van der Waals surface area (Å²) in [6.07, 6.45) is 0. The maximum Gasteiger partial charge on any atom is 0.255 e. The number of carbonyl (C=O) groups excluding carboxylic acids is 2. The van der Waals surface area contributed by atoms with Gasteiger partial charge in [0.2, 0.25) is 5.91 Å². The van der Waals surface area contributed by atoms with Gasteiger partial charge in [-0.05, 0) is 42.5 Å². The molecular weight excluding hydrogens is 326 g/mol. The van der Waals surface area contributed by atoms with Gasteiger partial charge in [0.1, 0.15) is 5.75 Å². The molecule has 0 radical (unpaired) electrons. The van der Waals surface area contributed by atoms with Crippen molar-refractivity contribution in [2.24, 2.45) is 0 Å². The van der Waals surface area contributed by atoms with E-state index in [4.69, 9.17) is 4.74 Å². The van der Waals surface area contributed by atoms with Crippen LogP contribution in [0.25, 0.3) is 10.2 Å². The lowest BCUT2D eigenvalue weighted by Crippen LogP contribution is -2.11. The molecule has 0 aliphatic heterocycles. The molecule has 24 heavy (non-hydrogen) atoms.